The van der Waals surface area contributed by atoms with Crippen molar-refractivity contribution in [2.45, 2.75) is 45.6 Å². The first-order valence-corrected chi connectivity index (χ1v) is 13.7. The molecule has 0 unspecified atom stereocenters. The summed E-state index contributed by atoms with van der Waals surface area (Å²) in [5.74, 6) is -0.181. The molecule has 1 aromatic carbocycles. The molecule has 1 aliphatic heterocycles. The van der Waals surface area contributed by atoms with Gasteiger partial charge >= 0.3 is 0 Å². The van der Waals surface area contributed by atoms with Crippen LogP contribution in [-0.2, 0) is 10.0 Å². The molecule has 2 fully saturated rings. The van der Waals surface area contributed by atoms with Gasteiger partial charge in [-0.2, -0.15) is 5.10 Å². The Bertz CT molecular complexity index is 1540. The summed E-state index contributed by atoms with van der Waals surface area (Å²) in [7, 11) is -3.09. The molecule has 0 amide bonds. The number of halogens is 2. The van der Waals surface area contributed by atoms with E-state index in [1.54, 1.807) is 18.3 Å². The molecule has 36 heavy (non-hydrogen) atoms. The van der Waals surface area contributed by atoms with Crippen LogP contribution < -0.4 is 4.31 Å². The van der Waals surface area contributed by atoms with Crippen LogP contribution in [0.3, 0.4) is 0 Å². The van der Waals surface area contributed by atoms with Crippen LogP contribution in [0.2, 0.25) is 5.02 Å². The van der Waals surface area contributed by atoms with E-state index in [0.29, 0.717) is 40.0 Å². The second-order valence-corrected chi connectivity index (χ2v) is 11.4. The van der Waals surface area contributed by atoms with Gasteiger partial charge in [0.05, 0.1) is 35.1 Å². The van der Waals surface area contributed by atoms with E-state index >= 15 is 0 Å². The second-order valence-electron chi connectivity index (χ2n) is 8.92. The van der Waals surface area contributed by atoms with Crippen molar-refractivity contribution in [2.24, 2.45) is 0 Å². The van der Waals surface area contributed by atoms with E-state index in [4.69, 9.17) is 11.6 Å². The highest BCUT2D eigenvalue weighted by atomic mass is 35.5. The first-order chi connectivity index (χ1) is 17.2. The maximum Gasteiger partial charge on any atom is 0.235 e. The van der Waals surface area contributed by atoms with E-state index < -0.39 is 15.8 Å². The molecule has 0 bridgehead atoms. The molecule has 4 heterocycles. The lowest BCUT2D eigenvalue weighted by molar-refractivity contribution is 0.574. The van der Waals surface area contributed by atoms with Crippen LogP contribution in [0.15, 0.2) is 36.9 Å². The average molecular weight is 530 g/mol. The predicted octanol–water partition coefficient (Wildman–Crippen LogP) is 4.64. The van der Waals surface area contributed by atoms with Gasteiger partial charge in [-0.05, 0) is 57.7 Å². The monoisotopic (exact) mass is 529 g/mol. The molecule has 12 heteroatoms. The van der Waals surface area contributed by atoms with Crippen LogP contribution in [0.1, 0.15) is 43.1 Å². The summed E-state index contributed by atoms with van der Waals surface area (Å²) in [6, 6.07) is 4.94. The maximum absolute atomic E-state index is 14.1. The molecule has 188 valence electrons. The minimum absolute atomic E-state index is 0.265. The average Bonchev–Trinajstić information content (AvgIpc) is 3.57. The number of nitrogens with zero attached hydrogens (tertiary/aromatic N) is 7. The van der Waals surface area contributed by atoms with Crippen molar-refractivity contribution in [3.05, 3.63) is 59.1 Å². The topological polar surface area (TPSA) is 107 Å². The molecule has 1 aliphatic carbocycles. The summed E-state index contributed by atoms with van der Waals surface area (Å²) in [4.78, 5) is 17.0. The normalized spacial score (nSPS) is 17.1. The van der Waals surface area contributed by atoms with Gasteiger partial charge in [-0.3, -0.25) is 8.99 Å². The smallest absolute Gasteiger partial charge is 0.235 e. The summed E-state index contributed by atoms with van der Waals surface area (Å²) < 4.78 is 41.2. The Labute approximate surface area is 213 Å². The molecule has 9 nitrogen and oxygen atoms in total. The van der Waals surface area contributed by atoms with Crippen molar-refractivity contribution in [1.29, 1.82) is 0 Å². The van der Waals surface area contributed by atoms with Crippen LogP contribution in [0.4, 0.5) is 10.1 Å². The largest absolute Gasteiger partial charge is 0.268 e. The van der Waals surface area contributed by atoms with Crippen molar-refractivity contribution in [3.8, 4) is 11.3 Å². The van der Waals surface area contributed by atoms with Gasteiger partial charge in [0.1, 0.15) is 23.4 Å². The lowest BCUT2D eigenvalue weighted by atomic mass is 10.1. The number of fused-ring (bicyclic) bond motifs is 1. The summed E-state index contributed by atoms with van der Waals surface area (Å²) in [5.41, 5.74) is 3.97. The van der Waals surface area contributed by atoms with Crippen LogP contribution in [0.5, 0.6) is 0 Å². The molecule has 1 saturated carbocycles. The highest BCUT2D eigenvalue weighted by Gasteiger charge is 2.29. The van der Waals surface area contributed by atoms with Gasteiger partial charge in [-0.25, -0.2) is 32.7 Å². The van der Waals surface area contributed by atoms with Gasteiger partial charge in [0.2, 0.25) is 10.0 Å². The fourth-order valence-corrected chi connectivity index (χ4v) is 5.77. The first-order valence-electron chi connectivity index (χ1n) is 11.7. The van der Waals surface area contributed by atoms with E-state index in [-0.39, 0.29) is 5.75 Å². The Hall–Kier alpha value is -3.18. The van der Waals surface area contributed by atoms with E-state index in [0.717, 1.165) is 42.8 Å². The number of sulfonamides is 1. The Balaban J connectivity index is 0.000000152. The van der Waals surface area contributed by atoms with Crippen molar-refractivity contribution in [3.63, 3.8) is 0 Å². The quantitative estimate of drug-likeness (QED) is 0.380. The van der Waals surface area contributed by atoms with E-state index in [9.17, 15) is 12.8 Å². The van der Waals surface area contributed by atoms with Crippen molar-refractivity contribution in [2.75, 3.05) is 16.6 Å². The summed E-state index contributed by atoms with van der Waals surface area (Å²) >= 11 is 5.77. The van der Waals surface area contributed by atoms with Gasteiger partial charge in [0.15, 0.2) is 5.65 Å². The lowest BCUT2D eigenvalue weighted by Crippen LogP contribution is -2.37. The number of hydrogen-bond donors (Lipinski definition) is 0. The number of rotatable bonds is 3. The lowest BCUT2D eigenvalue weighted by Gasteiger charge is -2.26. The summed E-state index contributed by atoms with van der Waals surface area (Å²) in [6.45, 7) is 4.29. The minimum atomic E-state index is -3.09. The van der Waals surface area contributed by atoms with E-state index in [2.05, 4.69) is 25.0 Å². The fourth-order valence-electron chi connectivity index (χ4n) is 4.00. The number of benzene rings is 1. The molecule has 6 rings (SSSR count). The summed E-state index contributed by atoms with van der Waals surface area (Å²) in [6.07, 6.45) is 8.92. The third-order valence-corrected chi connectivity index (χ3v) is 8.32. The van der Waals surface area contributed by atoms with Crippen molar-refractivity contribution >= 4 is 38.5 Å². The highest BCUT2D eigenvalue weighted by Crippen LogP contribution is 2.35. The third kappa shape index (κ3) is 5.03. The minimum Gasteiger partial charge on any atom is -0.268 e. The van der Waals surface area contributed by atoms with Crippen LogP contribution in [0.25, 0.3) is 22.4 Å². The molecular formula is C24H25ClFN7O2S. The van der Waals surface area contributed by atoms with Gasteiger partial charge in [0, 0.05) is 23.3 Å². The molecule has 3 aromatic heterocycles. The number of anilines is 1. The molecule has 1 saturated heterocycles. The summed E-state index contributed by atoms with van der Waals surface area (Å²) in [5, 5.41) is 4.57. The highest BCUT2D eigenvalue weighted by molar-refractivity contribution is 7.92. The molecule has 0 atom stereocenters. The van der Waals surface area contributed by atoms with Crippen molar-refractivity contribution in [1.82, 2.24) is 29.7 Å². The zero-order chi connectivity index (χ0) is 25.4. The molecular weight excluding hydrogens is 505 g/mol. The van der Waals surface area contributed by atoms with Crippen LogP contribution in [0, 0.1) is 19.7 Å². The fraction of sp³-hybridized carbons (Fsp3) is 0.375. The van der Waals surface area contributed by atoms with Crippen LogP contribution >= 0.6 is 11.6 Å². The Morgan fingerprint density at radius 1 is 1.08 bits per heavy atom. The van der Waals surface area contributed by atoms with Gasteiger partial charge in [-0.15, -0.1) is 0 Å². The SMILES string of the molecule is Cc1nc2ncnc(-c3ccc(Cl)cc3F)c2nc1C.O=S1(=O)CCCCN1c1cnn(C2CC2)c1. The van der Waals surface area contributed by atoms with Crippen molar-refractivity contribution < 1.29 is 12.8 Å². The third-order valence-electron chi connectivity index (χ3n) is 6.21. The Morgan fingerprint density at radius 2 is 1.86 bits per heavy atom. The van der Waals surface area contributed by atoms with Gasteiger partial charge in [-0.1, -0.05) is 11.6 Å². The second kappa shape index (κ2) is 9.70. The van der Waals surface area contributed by atoms with Gasteiger partial charge < -0.3 is 0 Å². The number of hydrogen-bond acceptors (Lipinski definition) is 7. The zero-order valence-electron chi connectivity index (χ0n) is 19.9. The molecule has 0 radical (unpaired) electrons. The van der Waals surface area contributed by atoms with E-state index in [1.165, 1.54) is 16.7 Å². The Morgan fingerprint density at radius 3 is 2.58 bits per heavy atom. The van der Waals surface area contributed by atoms with Gasteiger partial charge in [0.25, 0.3) is 0 Å². The molecule has 0 spiro atoms. The predicted molar refractivity (Wildman–Crippen MR) is 136 cm³/mol. The number of aryl methyl sites for hydroxylation is 2. The zero-order valence-corrected chi connectivity index (χ0v) is 21.5. The maximum atomic E-state index is 14.1. The Kier molecular flexibility index (Phi) is 6.60. The molecule has 4 aromatic rings. The van der Waals surface area contributed by atoms with E-state index in [1.807, 2.05) is 24.7 Å². The van der Waals surface area contributed by atoms with Crippen LogP contribution in [-0.4, -0.2) is 50.4 Å². The molecule has 2 aliphatic rings. The number of aromatic nitrogens is 6. The first kappa shape index (κ1) is 24.5. The molecule has 0 N–H and O–H groups in total. The standard InChI is InChI=1S/C14H10ClFN4.C10H15N3O2S/c1-7-8(2)20-14-13(19-7)12(17-6-18-14)10-4-3-9(15)5-11(10)16;14-16(15)6-2-1-5-13(16)10-7-11-12(8-10)9-3-4-9/h3-6H,1-2H3;7-9H,1-6H2.